The van der Waals surface area contributed by atoms with Gasteiger partial charge < -0.3 is 9.36 Å². The quantitative estimate of drug-likeness (QED) is 0.599. The van der Waals surface area contributed by atoms with E-state index in [4.69, 9.17) is 9.36 Å². The van der Waals surface area contributed by atoms with Crippen LogP contribution in [0, 0.1) is 6.92 Å². The summed E-state index contributed by atoms with van der Waals surface area (Å²) >= 11 is 0. The Morgan fingerprint density at radius 3 is 2.10 bits per heavy atom. The van der Waals surface area contributed by atoms with Gasteiger partial charge in [0.1, 0.15) is 17.0 Å². The molecule has 0 aliphatic carbocycles. The van der Waals surface area contributed by atoms with Gasteiger partial charge in [0.25, 0.3) is 11.8 Å². The van der Waals surface area contributed by atoms with Gasteiger partial charge in [-0.3, -0.25) is 9.59 Å². The highest BCUT2D eigenvalue weighted by Crippen LogP contribution is 2.33. The van der Waals surface area contributed by atoms with Crippen molar-refractivity contribution >= 4 is 17.8 Å². The predicted molar refractivity (Wildman–Crippen MR) is 94.0 cm³/mol. The average molecular weight is 416 g/mol. The second-order valence-electron chi connectivity index (χ2n) is 6.37. The number of rotatable bonds is 3. The van der Waals surface area contributed by atoms with Gasteiger partial charge in [0, 0.05) is 5.56 Å². The summed E-state index contributed by atoms with van der Waals surface area (Å²) in [6.45, 7) is 1.39. The Kier molecular flexibility index (Phi) is 4.41. The number of halogens is 3. The Morgan fingerprint density at radius 2 is 1.57 bits per heavy atom. The summed E-state index contributed by atoms with van der Waals surface area (Å²) in [6, 6.07) is 9.86. The van der Waals surface area contributed by atoms with Gasteiger partial charge in [-0.1, -0.05) is 34.5 Å². The minimum Gasteiger partial charge on any atom is -0.360 e. The van der Waals surface area contributed by atoms with Crippen LogP contribution in [0.1, 0.15) is 42.4 Å². The van der Waals surface area contributed by atoms with Gasteiger partial charge in [-0.15, -0.1) is 0 Å². The zero-order valence-electron chi connectivity index (χ0n) is 15.2. The first-order chi connectivity index (χ1) is 14.2. The number of hydrogen-bond donors (Lipinski definition) is 0. The summed E-state index contributed by atoms with van der Waals surface area (Å²) in [5.41, 5.74) is -0.842. The molecule has 0 radical (unpaired) electrons. The second kappa shape index (κ2) is 6.83. The summed E-state index contributed by atoms with van der Waals surface area (Å²) < 4.78 is 43.3. The van der Waals surface area contributed by atoms with Crippen LogP contribution in [-0.4, -0.2) is 28.0 Å². The topological polar surface area (TPSA) is 89.7 Å². The van der Waals surface area contributed by atoms with Crippen LogP contribution in [0.15, 0.2) is 53.1 Å². The van der Waals surface area contributed by atoms with Crippen LogP contribution in [0.2, 0.25) is 0 Å². The number of carbonyl (C=O) groups excluding carboxylic acids is 3. The number of fused-ring (bicyclic) bond motifs is 1. The molecule has 0 unspecified atom stereocenters. The van der Waals surface area contributed by atoms with Crippen molar-refractivity contribution in [3.05, 3.63) is 76.5 Å². The number of alkyl halides is 3. The normalized spacial score (nSPS) is 13.5. The van der Waals surface area contributed by atoms with Crippen LogP contribution in [0.4, 0.5) is 13.2 Å². The molecule has 0 fully saturated rings. The number of hydroxylamine groups is 2. The first kappa shape index (κ1) is 19.4. The molecule has 10 heteroatoms. The molecule has 30 heavy (non-hydrogen) atoms. The first-order valence-corrected chi connectivity index (χ1v) is 8.52. The molecule has 3 aromatic rings. The summed E-state index contributed by atoms with van der Waals surface area (Å²) in [7, 11) is 0. The Hall–Kier alpha value is -3.95. The molecule has 0 atom stereocenters. The van der Waals surface area contributed by atoms with E-state index in [0.29, 0.717) is 5.06 Å². The molecule has 1 aromatic heterocycles. The zero-order chi connectivity index (χ0) is 21.6. The van der Waals surface area contributed by atoms with Crippen molar-refractivity contribution in [3.8, 4) is 11.3 Å². The van der Waals surface area contributed by atoms with Crippen molar-refractivity contribution in [2.24, 2.45) is 0 Å². The highest BCUT2D eigenvalue weighted by Gasteiger charge is 2.40. The lowest BCUT2D eigenvalue weighted by atomic mass is 10.0. The maximum absolute atomic E-state index is 12.8. The van der Waals surface area contributed by atoms with Gasteiger partial charge in [0.15, 0.2) is 0 Å². The lowest BCUT2D eigenvalue weighted by molar-refractivity contribution is -0.137. The number of nitrogens with zero attached hydrogens (tertiary/aromatic N) is 2. The number of aromatic nitrogens is 1. The lowest BCUT2D eigenvalue weighted by Crippen LogP contribution is -2.32. The van der Waals surface area contributed by atoms with E-state index in [9.17, 15) is 27.6 Å². The first-order valence-electron chi connectivity index (χ1n) is 8.52. The van der Waals surface area contributed by atoms with Crippen LogP contribution in [0.5, 0.6) is 0 Å². The number of hydrogen-bond acceptors (Lipinski definition) is 6. The van der Waals surface area contributed by atoms with E-state index in [-0.39, 0.29) is 33.7 Å². The largest absolute Gasteiger partial charge is 0.416 e. The molecule has 0 saturated carbocycles. The molecule has 4 rings (SSSR count). The van der Waals surface area contributed by atoms with E-state index >= 15 is 0 Å². The molecule has 0 spiro atoms. The fourth-order valence-electron chi connectivity index (χ4n) is 3.01. The predicted octanol–water partition coefficient (Wildman–Crippen LogP) is 4.04. The third kappa shape index (κ3) is 3.11. The molecule has 0 N–H and O–H groups in total. The van der Waals surface area contributed by atoms with Crippen LogP contribution in [0.25, 0.3) is 11.3 Å². The van der Waals surface area contributed by atoms with Gasteiger partial charge in [-0.2, -0.15) is 13.2 Å². The Labute approximate surface area is 166 Å². The lowest BCUT2D eigenvalue weighted by Gasteiger charge is -2.13. The maximum atomic E-state index is 12.8. The van der Waals surface area contributed by atoms with Gasteiger partial charge in [0.05, 0.1) is 16.7 Å². The molecular weight excluding hydrogens is 405 g/mol. The van der Waals surface area contributed by atoms with Crippen LogP contribution < -0.4 is 0 Å². The van der Waals surface area contributed by atoms with Gasteiger partial charge in [-0.05, 0) is 31.2 Å². The molecule has 1 aliphatic heterocycles. The van der Waals surface area contributed by atoms with Crippen molar-refractivity contribution < 1.29 is 36.9 Å². The van der Waals surface area contributed by atoms with Crippen molar-refractivity contribution in [3.63, 3.8) is 0 Å². The molecule has 0 bridgehead atoms. The zero-order valence-corrected chi connectivity index (χ0v) is 15.2. The summed E-state index contributed by atoms with van der Waals surface area (Å²) in [5, 5.41) is 4.03. The van der Waals surface area contributed by atoms with E-state index in [2.05, 4.69) is 5.16 Å². The summed E-state index contributed by atoms with van der Waals surface area (Å²) in [6.07, 6.45) is -4.52. The number of imide groups is 1. The molecular formula is C20H11F3N2O5. The van der Waals surface area contributed by atoms with E-state index in [1.165, 1.54) is 19.1 Å². The standard InChI is InChI=1S/C20H11F3N2O5/c1-10-15(16(24-29-10)11-6-8-12(9-7-11)20(21,22)23)19(28)30-25-17(26)13-4-2-3-5-14(13)18(25)27/h2-9H,1H3. The average Bonchev–Trinajstić information content (AvgIpc) is 3.21. The Morgan fingerprint density at radius 1 is 1.00 bits per heavy atom. The van der Waals surface area contributed by atoms with Crippen molar-refractivity contribution in [2.75, 3.05) is 0 Å². The van der Waals surface area contributed by atoms with E-state index in [0.717, 1.165) is 24.3 Å². The number of amides is 2. The third-order valence-electron chi connectivity index (χ3n) is 4.48. The summed E-state index contributed by atoms with van der Waals surface area (Å²) in [5.74, 6) is -2.73. The Balaban J connectivity index is 1.63. The van der Waals surface area contributed by atoms with E-state index in [1.807, 2.05) is 0 Å². The van der Waals surface area contributed by atoms with Crippen LogP contribution >= 0.6 is 0 Å². The third-order valence-corrected chi connectivity index (χ3v) is 4.48. The van der Waals surface area contributed by atoms with Gasteiger partial charge in [-0.25, -0.2) is 4.79 Å². The van der Waals surface area contributed by atoms with Crippen molar-refractivity contribution in [1.82, 2.24) is 10.2 Å². The van der Waals surface area contributed by atoms with Gasteiger partial charge in [0.2, 0.25) is 0 Å². The number of benzene rings is 2. The van der Waals surface area contributed by atoms with E-state index < -0.39 is 29.5 Å². The minimum absolute atomic E-state index is 0.00602. The maximum Gasteiger partial charge on any atom is 0.416 e. The van der Waals surface area contributed by atoms with Crippen molar-refractivity contribution in [1.29, 1.82) is 0 Å². The van der Waals surface area contributed by atoms with Gasteiger partial charge >= 0.3 is 12.1 Å². The molecule has 2 heterocycles. The van der Waals surface area contributed by atoms with Crippen molar-refractivity contribution in [2.45, 2.75) is 13.1 Å². The molecule has 2 amide bonds. The highest BCUT2D eigenvalue weighted by molar-refractivity contribution is 6.21. The fourth-order valence-corrected chi connectivity index (χ4v) is 3.01. The summed E-state index contributed by atoms with van der Waals surface area (Å²) in [4.78, 5) is 42.4. The monoisotopic (exact) mass is 416 g/mol. The second-order valence-corrected chi connectivity index (χ2v) is 6.37. The van der Waals surface area contributed by atoms with Crippen LogP contribution in [-0.2, 0) is 11.0 Å². The minimum atomic E-state index is -4.52. The fraction of sp³-hybridized carbons (Fsp3) is 0.100. The van der Waals surface area contributed by atoms with Crippen LogP contribution in [0.3, 0.4) is 0 Å². The molecule has 1 aliphatic rings. The molecule has 152 valence electrons. The highest BCUT2D eigenvalue weighted by atomic mass is 19.4. The SMILES string of the molecule is Cc1onc(-c2ccc(C(F)(F)F)cc2)c1C(=O)ON1C(=O)c2ccccc2C1=O. The Bertz CT molecular complexity index is 1150. The smallest absolute Gasteiger partial charge is 0.360 e. The van der Waals surface area contributed by atoms with E-state index in [1.54, 1.807) is 12.1 Å². The number of aryl methyl sites for hydroxylation is 1. The molecule has 2 aromatic carbocycles. The number of carbonyl (C=O) groups is 3. The molecule has 0 saturated heterocycles. The molecule has 7 nitrogen and oxygen atoms in total.